The fraction of sp³-hybridized carbons (Fsp3) is 0.211. The molecule has 0 aliphatic rings. The standard InChI is InChI=1S/C19H16Cl2N2O3S/c1-3-26-16(24)10-23-17-11(2)5-4-6-15(17)27-19(23)22-18(25)12-7-13(20)9-14(21)8-12/h4-9H,3,10H2,1-2H3. The van der Waals surface area contributed by atoms with Crippen LogP contribution in [0.2, 0.25) is 10.0 Å². The second kappa shape index (κ2) is 8.25. The van der Waals surface area contributed by atoms with Gasteiger partial charge >= 0.3 is 5.97 Å². The summed E-state index contributed by atoms with van der Waals surface area (Å²) < 4.78 is 7.70. The predicted molar refractivity (Wildman–Crippen MR) is 108 cm³/mol. The summed E-state index contributed by atoms with van der Waals surface area (Å²) in [4.78, 5) is 29.3. The number of rotatable bonds is 4. The number of ether oxygens (including phenoxy) is 1. The van der Waals surface area contributed by atoms with E-state index in [0.717, 1.165) is 15.8 Å². The van der Waals surface area contributed by atoms with E-state index >= 15 is 0 Å². The van der Waals surface area contributed by atoms with E-state index in [-0.39, 0.29) is 24.7 Å². The number of hydrogen-bond acceptors (Lipinski definition) is 4. The van der Waals surface area contributed by atoms with Gasteiger partial charge in [0, 0.05) is 15.6 Å². The number of amides is 1. The monoisotopic (exact) mass is 422 g/mol. The molecule has 0 unspecified atom stereocenters. The third-order valence-electron chi connectivity index (χ3n) is 3.80. The van der Waals surface area contributed by atoms with Gasteiger partial charge in [0.1, 0.15) is 6.54 Å². The highest BCUT2D eigenvalue weighted by Crippen LogP contribution is 2.22. The first kappa shape index (κ1) is 19.6. The van der Waals surface area contributed by atoms with Crippen molar-refractivity contribution in [2.45, 2.75) is 20.4 Å². The fourth-order valence-corrected chi connectivity index (χ4v) is 4.34. The lowest BCUT2D eigenvalue weighted by Crippen LogP contribution is -2.23. The van der Waals surface area contributed by atoms with Crippen molar-refractivity contribution < 1.29 is 14.3 Å². The van der Waals surface area contributed by atoms with Gasteiger partial charge in [-0.3, -0.25) is 9.59 Å². The van der Waals surface area contributed by atoms with E-state index in [9.17, 15) is 9.59 Å². The first-order valence-electron chi connectivity index (χ1n) is 8.18. The van der Waals surface area contributed by atoms with E-state index in [2.05, 4.69) is 4.99 Å². The van der Waals surface area contributed by atoms with E-state index in [0.29, 0.717) is 14.8 Å². The third kappa shape index (κ3) is 4.40. The van der Waals surface area contributed by atoms with Crippen LogP contribution in [0, 0.1) is 6.92 Å². The number of nitrogens with zero attached hydrogens (tertiary/aromatic N) is 2. The zero-order valence-electron chi connectivity index (χ0n) is 14.7. The Morgan fingerprint density at radius 2 is 1.89 bits per heavy atom. The Morgan fingerprint density at radius 3 is 2.56 bits per heavy atom. The molecule has 0 atom stereocenters. The number of esters is 1. The minimum atomic E-state index is -0.485. The van der Waals surface area contributed by atoms with Crippen LogP contribution in [0.1, 0.15) is 22.8 Å². The quantitative estimate of drug-likeness (QED) is 0.576. The highest BCUT2D eigenvalue weighted by molar-refractivity contribution is 7.16. The maximum absolute atomic E-state index is 12.6. The number of thiazole rings is 1. The number of carbonyl (C=O) groups is 2. The van der Waals surface area contributed by atoms with Crippen LogP contribution in [-0.4, -0.2) is 23.1 Å². The van der Waals surface area contributed by atoms with Gasteiger partial charge in [0.05, 0.1) is 16.8 Å². The van der Waals surface area contributed by atoms with E-state index in [4.69, 9.17) is 27.9 Å². The van der Waals surface area contributed by atoms with Gasteiger partial charge in [0.2, 0.25) is 0 Å². The molecular weight excluding hydrogens is 407 g/mol. The molecule has 2 aromatic carbocycles. The van der Waals surface area contributed by atoms with E-state index < -0.39 is 5.91 Å². The van der Waals surface area contributed by atoms with Crippen molar-refractivity contribution >= 4 is 56.6 Å². The lowest BCUT2D eigenvalue weighted by molar-refractivity contribution is -0.143. The molecule has 0 aliphatic heterocycles. The topological polar surface area (TPSA) is 60.7 Å². The van der Waals surface area contributed by atoms with Crippen molar-refractivity contribution in [3.63, 3.8) is 0 Å². The summed E-state index contributed by atoms with van der Waals surface area (Å²) >= 11 is 13.3. The number of benzene rings is 2. The minimum absolute atomic E-state index is 0.0267. The van der Waals surface area contributed by atoms with Crippen molar-refractivity contribution in [3.05, 3.63) is 62.4 Å². The third-order valence-corrected chi connectivity index (χ3v) is 5.28. The Balaban J connectivity index is 2.14. The molecule has 0 spiro atoms. The van der Waals surface area contributed by atoms with Crippen molar-refractivity contribution in [1.29, 1.82) is 0 Å². The molecule has 3 aromatic rings. The van der Waals surface area contributed by atoms with Crippen LogP contribution < -0.4 is 4.80 Å². The number of carbonyl (C=O) groups excluding carboxylic acids is 2. The minimum Gasteiger partial charge on any atom is -0.465 e. The summed E-state index contributed by atoms with van der Waals surface area (Å²) in [5, 5.41) is 0.709. The lowest BCUT2D eigenvalue weighted by atomic mass is 10.2. The average molecular weight is 423 g/mol. The second-order valence-electron chi connectivity index (χ2n) is 5.77. The first-order valence-corrected chi connectivity index (χ1v) is 9.76. The summed E-state index contributed by atoms with van der Waals surface area (Å²) in [6, 6.07) is 10.4. The Labute approximate surface area is 169 Å². The molecule has 5 nitrogen and oxygen atoms in total. The molecule has 0 saturated carbocycles. The van der Waals surface area contributed by atoms with E-state index in [1.165, 1.54) is 23.5 Å². The fourth-order valence-electron chi connectivity index (χ4n) is 2.70. The summed E-state index contributed by atoms with van der Waals surface area (Å²) in [6.45, 7) is 3.95. The number of hydrogen-bond donors (Lipinski definition) is 0. The second-order valence-corrected chi connectivity index (χ2v) is 7.65. The SMILES string of the molecule is CCOC(=O)Cn1c(=NC(=O)c2cc(Cl)cc(Cl)c2)sc2cccc(C)c21. The number of para-hydroxylation sites is 1. The highest BCUT2D eigenvalue weighted by Gasteiger charge is 2.14. The molecule has 1 amide bonds. The zero-order valence-corrected chi connectivity index (χ0v) is 17.0. The van der Waals surface area contributed by atoms with Crippen molar-refractivity contribution in [3.8, 4) is 0 Å². The Kier molecular flexibility index (Phi) is 5.99. The maximum Gasteiger partial charge on any atom is 0.326 e. The van der Waals surface area contributed by atoms with E-state index in [1.54, 1.807) is 17.6 Å². The predicted octanol–water partition coefficient (Wildman–Crippen LogP) is 4.62. The average Bonchev–Trinajstić information content (AvgIpc) is 2.92. The molecule has 0 bridgehead atoms. The molecule has 140 valence electrons. The smallest absolute Gasteiger partial charge is 0.326 e. The molecule has 1 aromatic heterocycles. The molecule has 0 fully saturated rings. The normalized spacial score (nSPS) is 11.8. The van der Waals surface area contributed by atoms with E-state index in [1.807, 2.05) is 25.1 Å². The van der Waals surface area contributed by atoms with Gasteiger partial charge in [0.25, 0.3) is 5.91 Å². The van der Waals surface area contributed by atoms with Crippen LogP contribution >= 0.6 is 34.5 Å². The van der Waals surface area contributed by atoms with Gasteiger partial charge in [-0.25, -0.2) is 0 Å². The van der Waals surface area contributed by atoms with Gasteiger partial charge in [-0.05, 0) is 43.7 Å². The van der Waals surface area contributed by atoms with Crippen LogP contribution in [-0.2, 0) is 16.1 Å². The summed E-state index contributed by atoms with van der Waals surface area (Å²) in [5.74, 6) is -0.874. The van der Waals surface area contributed by atoms with Crippen molar-refractivity contribution in [2.24, 2.45) is 4.99 Å². The number of aromatic nitrogens is 1. The van der Waals surface area contributed by atoms with Gasteiger partial charge < -0.3 is 9.30 Å². The zero-order chi connectivity index (χ0) is 19.6. The molecule has 0 N–H and O–H groups in total. The van der Waals surface area contributed by atoms with Gasteiger partial charge in [0.15, 0.2) is 4.80 Å². The Hall–Kier alpha value is -2.15. The van der Waals surface area contributed by atoms with Crippen LogP contribution in [0.25, 0.3) is 10.2 Å². The maximum atomic E-state index is 12.6. The molecule has 1 heterocycles. The molecule has 8 heteroatoms. The molecule has 0 radical (unpaired) electrons. The highest BCUT2D eigenvalue weighted by atomic mass is 35.5. The molecular formula is C19H16Cl2N2O3S. The first-order chi connectivity index (χ1) is 12.9. The van der Waals surface area contributed by atoms with Crippen LogP contribution in [0.4, 0.5) is 0 Å². The Morgan fingerprint density at radius 1 is 1.19 bits per heavy atom. The molecule has 3 rings (SSSR count). The summed E-state index contributed by atoms with van der Waals surface area (Å²) in [5.41, 5.74) is 2.11. The van der Waals surface area contributed by atoms with Gasteiger partial charge in [-0.1, -0.05) is 46.7 Å². The van der Waals surface area contributed by atoms with Gasteiger partial charge in [-0.2, -0.15) is 4.99 Å². The van der Waals surface area contributed by atoms with Crippen LogP contribution in [0.15, 0.2) is 41.4 Å². The molecule has 0 saturated heterocycles. The van der Waals surface area contributed by atoms with Crippen LogP contribution in [0.5, 0.6) is 0 Å². The summed E-state index contributed by atoms with van der Waals surface area (Å²) in [6.07, 6.45) is 0. The van der Waals surface area contributed by atoms with Crippen LogP contribution in [0.3, 0.4) is 0 Å². The lowest BCUT2D eigenvalue weighted by Gasteiger charge is -2.07. The number of halogens is 2. The largest absolute Gasteiger partial charge is 0.465 e. The molecule has 27 heavy (non-hydrogen) atoms. The number of aryl methyl sites for hydroxylation is 1. The number of fused-ring (bicyclic) bond motifs is 1. The molecule has 0 aliphatic carbocycles. The van der Waals surface area contributed by atoms with Crippen molar-refractivity contribution in [2.75, 3.05) is 6.61 Å². The van der Waals surface area contributed by atoms with Gasteiger partial charge in [-0.15, -0.1) is 0 Å². The summed E-state index contributed by atoms with van der Waals surface area (Å²) in [7, 11) is 0. The van der Waals surface area contributed by atoms with Crippen molar-refractivity contribution in [1.82, 2.24) is 4.57 Å². The Bertz CT molecular complexity index is 1080.